The highest BCUT2D eigenvalue weighted by atomic mass is 31.0. The van der Waals surface area contributed by atoms with E-state index >= 15 is 0 Å². The minimum absolute atomic E-state index is 0.118. The standard InChI is InChI=1S/C17H29O2P/c1-12(2)10-13(3)16(15-8-6-5-7-9-15)17(18)14(4)11-19-20/h5-9,12-14,16-18H,10-11,20H2,1-4H3. The lowest BCUT2D eigenvalue weighted by Gasteiger charge is -2.33. The van der Waals surface area contributed by atoms with E-state index in [0.29, 0.717) is 18.4 Å². The number of benzene rings is 1. The van der Waals surface area contributed by atoms with Crippen LogP contribution in [-0.4, -0.2) is 17.8 Å². The Balaban J connectivity index is 2.95. The molecule has 0 spiro atoms. The van der Waals surface area contributed by atoms with Crippen molar-refractivity contribution < 1.29 is 9.63 Å². The van der Waals surface area contributed by atoms with Crippen molar-refractivity contribution in [2.45, 2.75) is 46.1 Å². The Morgan fingerprint density at radius 3 is 2.15 bits per heavy atom. The van der Waals surface area contributed by atoms with Gasteiger partial charge in [0.25, 0.3) is 0 Å². The van der Waals surface area contributed by atoms with Gasteiger partial charge >= 0.3 is 0 Å². The lowest BCUT2D eigenvalue weighted by molar-refractivity contribution is 0.0461. The predicted octanol–water partition coefficient (Wildman–Crippen LogP) is 4.26. The first-order valence-electron chi connectivity index (χ1n) is 7.52. The highest BCUT2D eigenvalue weighted by Crippen LogP contribution is 2.35. The lowest BCUT2D eigenvalue weighted by atomic mass is 9.76. The van der Waals surface area contributed by atoms with Crippen molar-refractivity contribution in [3.8, 4) is 0 Å². The van der Waals surface area contributed by atoms with Crippen molar-refractivity contribution in [1.82, 2.24) is 0 Å². The predicted molar refractivity (Wildman–Crippen MR) is 88.6 cm³/mol. The van der Waals surface area contributed by atoms with Crippen LogP contribution >= 0.6 is 9.47 Å². The van der Waals surface area contributed by atoms with Gasteiger partial charge in [-0.25, -0.2) is 0 Å². The summed E-state index contributed by atoms with van der Waals surface area (Å²) in [5.41, 5.74) is 1.23. The zero-order chi connectivity index (χ0) is 15.1. The second kappa shape index (κ2) is 8.77. The fraction of sp³-hybridized carbons (Fsp3) is 0.647. The molecule has 0 aromatic heterocycles. The van der Waals surface area contributed by atoms with Gasteiger partial charge in [-0.2, -0.15) is 0 Å². The minimum Gasteiger partial charge on any atom is -0.392 e. The molecule has 0 bridgehead atoms. The van der Waals surface area contributed by atoms with Crippen molar-refractivity contribution in [3.05, 3.63) is 35.9 Å². The van der Waals surface area contributed by atoms with E-state index in [0.717, 1.165) is 6.42 Å². The van der Waals surface area contributed by atoms with Crippen LogP contribution in [0, 0.1) is 17.8 Å². The van der Waals surface area contributed by atoms with E-state index in [1.54, 1.807) is 0 Å². The van der Waals surface area contributed by atoms with Crippen LogP contribution in [0.1, 0.15) is 45.6 Å². The van der Waals surface area contributed by atoms with Gasteiger partial charge in [-0.3, -0.25) is 0 Å². The smallest absolute Gasteiger partial charge is 0.0658 e. The van der Waals surface area contributed by atoms with Crippen molar-refractivity contribution in [3.63, 3.8) is 0 Å². The molecule has 0 amide bonds. The van der Waals surface area contributed by atoms with Crippen LogP contribution in [0.2, 0.25) is 0 Å². The van der Waals surface area contributed by atoms with Crippen LogP contribution in [0.5, 0.6) is 0 Å². The van der Waals surface area contributed by atoms with Gasteiger partial charge < -0.3 is 9.63 Å². The molecule has 5 atom stereocenters. The lowest BCUT2D eigenvalue weighted by Crippen LogP contribution is -2.32. The molecule has 1 aromatic carbocycles. The first kappa shape index (κ1) is 17.6. The molecule has 5 unspecified atom stereocenters. The summed E-state index contributed by atoms with van der Waals surface area (Å²) in [5.74, 6) is 1.36. The maximum Gasteiger partial charge on any atom is 0.0658 e. The summed E-state index contributed by atoms with van der Waals surface area (Å²) >= 11 is 0. The highest BCUT2D eigenvalue weighted by Gasteiger charge is 2.30. The number of rotatable bonds is 8. The Labute approximate surface area is 126 Å². The summed E-state index contributed by atoms with van der Waals surface area (Å²) in [6.45, 7) is 9.33. The first-order valence-corrected chi connectivity index (χ1v) is 7.99. The van der Waals surface area contributed by atoms with Crippen LogP contribution < -0.4 is 0 Å². The van der Waals surface area contributed by atoms with Crippen molar-refractivity contribution in [2.24, 2.45) is 17.8 Å². The Hall–Kier alpha value is -0.430. The fourth-order valence-electron chi connectivity index (χ4n) is 3.03. The molecule has 0 fully saturated rings. The molecule has 1 aromatic rings. The van der Waals surface area contributed by atoms with Gasteiger partial charge in [0.1, 0.15) is 0 Å². The molecule has 0 aliphatic rings. The third kappa shape index (κ3) is 5.16. The van der Waals surface area contributed by atoms with E-state index in [1.165, 1.54) is 5.56 Å². The second-order valence-corrected chi connectivity index (χ2v) is 6.68. The Bertz CT molecular complexity index is 367. The third-order valence-electron chi connectivity index (χ3n) is 3.95. The zero-order valence-corrected chi connectivity index (χ0v) is 14.3. The van der Waals surface area contributed by atoms with Crippen molar-refractivity contribution in [2.75, 3.05) is 6.61 Å². The number of aliphatic hydroxyl groups excluding tert-OH is 1. The maximum absolute atomic E-state index is 10.8. The van der Waals surface area contributed by atoms with Crippen LogP contribution in [-0.2, 0) is 4.52 Å². The van der Waals surface area contributed by atoms with Gasteiger partial charge in [-0.05, 0) is 23.8 Å². The van der Waals surface area contributed by atoms with Gasteiger partial charge in [0.2, 0.25) is 0 Å². The number of hydrogen-bond donors (Lipinski definition) is 1. The molecule has 3 heteroatoms. The molecular formula is C17H29O2P. The van der Waals surface area contributed by atoms with Gasteiger partial charge in [0.15, 0.2) is 0 Å². The average Bonchev–Trinajstić information content (AvgIpc) is 2.39. The summed E-state index contributed by atoms with van der Waals surface area (Å²) in [6.07, 6.45) is 0.733. The van der Waals surface area contributed by atoms with Crippen LogP contribution in [0.4, 0.5) is 0 Å². The molecule has 114 valence electrons. The summed E-state index contributed by atoms with van der Waals surface area (Å²) in [4.78, 5) is 0. The molecule has 1 N–H and O–H groups in total. The molecule has 1 rings (SSSR count). The maximum atomic E-state index is 10.8. The van der Waals surface area contributed by atoms with E-state index < -0.39 is 0 Å². The molecule has 2 nitrogen and oxygen atoms in total. The molecular weight excluding hydrogens is 267 g/mol. The topological polar surface area (TPSA) is 29.5 Å². The van der Waals surface area contributed by atoms with E-state index in [9.17, 15) is 5.11 Å². The third-order valence-corrected chi connectivity index (χ3v) is 4.14. The Morgan fingerprint density at radius 2 is 1.65 bits per heavy atom. The zero-order valence-electron chi connectivity index (χ0n) is 13.1. The Kier molecular flexibility index (Phi) is 7.72. The summed E-state index contributed by atoms with van der Waals surface area (Å²) in [7, 11) is 2.27. The molecule has 0 heterocycles. The monoisotopic (exact) mass is 296 g/mol. The highest BCUT2D eigenvalue weighted by molar-refractivity contribution is 7.09. The van der Waals surface area contributed by atoms with E-state index in [-0.39, 0.29) is 17.9 Å². The van der Waals surface area contributed by atoms with Gasteiger partial charge in [0.05, 0.1) is 12.7 Å². The molecule has 20 heavy (non-hydrogen) atoms. The molecule has 0 aliphatic carbocycles. The fourth-order valence-corrected chi connectivity index (χ4v) is 3.34. The average molecular weight is 296 g/mol. The quantitative estimate of drug-likeness (QED) is 0.726. The van der Waals surface area contributed by atoms with Crippen LogP contribution in [0.3, 0.4) is 0 Å². The second-order valence-electron chi connectivity index (χ2n) is 6.34. The minimum atomic E-state index is -0.383. The van der Waals surface area contributed by atoms with E-state index in [4.69, 9.17) is 4.52 Å². The van der Waals surface area contributed by atoms with Gasteiger partial charge in [-0.15, -0.1) is 0 Å². The molecule has 0 saturated carbocycles. The number of hydrogen-bond acceptors (Lipinski definition) is 2. The van der Waals surface area contributed by atoms with Crippen LogP contribution in [0.25, 0.3) is 0 Å². The first-order chi connectivity index (χ1) is 9.47. The summed E-state index contributed by atoms with van der Waals surface area (Å²) in [5, 5.41) is 10.8. The van der Waals surface area contributed by atoms with Crippen molar-refractivity contribution >= 4 is 9.47 Å². The normalized spacial score (nSPS) is 17.8. The summed E-state index contributed by atoms with van der Waals surface area (Å²) < 4.78 is 5.13. The molecule has 0 aliphatic heterocycles. The van der Waals surface area contributed by atoms with E-state index in [1.807, 2.05) is 25.1 Å². The van der Waals surface area contributed by atoms with Gasteiger partial charge in [-0.1, -0.05) is 58.0 Å². The van der Waals surface area contributed by atoms with Crippen molar-refractivity contribution in [1.29, 1.82) is 0 Å². The van der Waals surface area contributed by atoms with E-state index in [2.05, 4.69) is 42.4 Å². The number of aliphatic hydroxyl groups is 1. The molecule has 0 saturated heterocycles. The largest absolute Gasteiger partial charge is 0.392 e. The summed E-state index contributed by atoms with van der Waals surface area (Å²) in [6, 6.07) is 10.4. The Morgan fingerprint density at radius 1 is 1.05 bits per heavy atom. The molecule has 0 radical (unpaired) electrons. The van der Waals surface area contributed by atoms with Gasteiger partial charge in [0, 0.05) is 21.3 Å². The van der Waals surface area contributed by atoms with Crippen LogP contribution in [0.15, 0.2) is 30.3 Å². The SMILES string of the molecule is CC(C)CC(C)C(c1ccccc1)C(O)C(C)COP.